The number of aryl methyl sites for hydroxylation is 1. The number of nitrogens with one attached hydrogen (secondary N) is 2. The summed E-state index contributed by atoms with van der Waals surface area (Å²) in [7, 11) is 0. The van der Waals surface area contributed by atoms with Crippen molar-refractivity contribution in [1.82, 2.24) is 10.6 Å². The van der Waals surface area contributed by atoms with Crippen LogP contribution in [-0.4, -0.2) is 37.1 Å². The van der Waals surface area contributed by atoms with Crippen molar-refractivity contribution in [1.29, 1.82) is 0 Å². The van der Waals surface area contributed by atoms with E-state index in [2.05, 4.69) is 10.6 Å². The van der Waals surface area contributed by atoms with Crippen LogP contribution in [0.3, 0.4) is 0 Å². The maximum absolute atomic E-state index is 11.9. The third-order valence-corrected chi connectivity index (χ3v) is 3.36. The first-order valence-electron chi connectivity index (χ1n) is 6.94. The van der Waals surface area contributed by atoms with Gasteiger partial charge in [0.15, 0.2) is 0 Å². The quantitative estimate of drug-likeness (QED) is 0.775. The van der Waals surface area contributed by atoms with Gasteiger partial charge in [0.25, 0.3) is 0 Å². The fraction of sp³-hybridized carbons (Fsp3) is 0.467. The van der Waals surface area contributed by atoms with Gasteiger partial charge in [0, 0.05) is 0 Å². The van der Waals surface area contributed by atoms with Gasteiger partial charge in [-0.3, -0.25) is 14.9 Å². The Balaban J connectivity index is 1.97. The Morgan fingerprint density at radius 3 is 2.80 bits per heavy atom. The van der Waals surface area contributed by atoms with Crippen LogP contribution in [0.2, 0.25) is 0 Å². The number of esters is 1. The van der Waals surface area contributed by atoms with Crippen LogP contribution in [0.25, 0.3) is 0 Å². The summed E-state index contributed by atoms with van der Waals surface area (Å²) in [5, 5.41) is 5.83. The van der Waals surface area contributed by atoms with Gasteiger partial charge in [-0.25, -0.2) is 0 Å². The van der Waals surface area contributed by atoms with Gasteiger partial charge in [-0.15, -0.1) is 0 Å². The molecule has 1 aliphatic heterocycles. The summed E-state index contributed by atoms with van der Waals surface area (Å²) in [5.74, 6) is -0.380. The molecule has 5 heteroatoms. The Kier molecular flexibility index (Phi) is 5.12. The molecule has 5 nitrogen and oxygen atoms in total. The summed E-state index contributed by atoms with van der Waals surface area (Å²) in [4.78, 5) is 23.4. The molecule has 1 aromatic carbocycles. The number of hydrogen-bond acceptors (Lipinski definition) is 4. The van der Waals surface area contributed by atoms with Crippen molar-refractivity contribution in [3.8, 4) is 0 Å². The predicted octanol–water partition coefficient (Wildman–Crippen LogP) is 0.639. The van der Waals surface area contributed by atoms with E-state index in [9.17, 15) is 9.59 Å². The molecular formula is C15H20N2O3. The zero-order valence-corrected chi connectivity index (χ0v) is 11.6. The summed E-state index contributed by atoms with van der Waals surface area (Å²) < 4.78 is 5.05. The highest BCUT2D eigenvalue weighted by Crippen LogP contribution is 2.11. The molecule has 2 atom stereocenters. The molecule has 0 saturated carbocycles. The van der Waals surface area contributed by atoms with E-state index in [1.54, 1.807) is 6.92 Å². The summed E-state index contributed by atoms with van der Waals surface area (Å²) in [6.45, 7) is 2.28. The van der Waals surface area contributed by atoms with Gasteiger partial charge in [0.05, 0.1) is 19.2 Å². The molecule has 2 N–H and O–H groups in total. The molecule has 1 heterocycles. The molecule has 1 saturated heterocycles. The number of carbonyl (C=O) groups is 2. The fourth-order valence-electron chi connectivity index (χ4n) is 2.37. The Hall–Kier alpha value is -1.88. The molecule has 0 spiro atoms. The highest BCUT2D eigenvalue weighted by molar-refractivity contribution is 5.84. The minimum atomic E-state index is -0.462. The zero-order chi connectivity index (χ0) is 14.4. The molecule has 0 aliphatic carbocycles. The van der Waals surface area contributed by atoms with Crippen molar-refractivity contribution in [2.45, 2.75) is 31.8 Å². The number of rotatable bonds is 5. The first-order valence-corrected chi connectivity index (χ1v) is 6.94. The summed E-state index contributed by atoms with van der Waals surface area (Å²) in [6.07, 6.45) is 1.51. The largest absolute Gasteiger partial charge is 0.465 e. The second-order valence-corrected chi connectivity index (χ2v) is 4.81. The molecule has 0 radical (unpaired) electrons. The standard InChI is InChI=1S/C15H20N2O3/c1-2-20-15(19)14-12(17-13(18)10-16-14)9-8-11-6-4-3-5-7-11/h3-7,12,14,16H,2,8-10H2,1H3,(H,17,18). The second-order valence-electron chi connectivity index (χ2n) is 4.81. The van der Waals surface area contributed by atoms with Gasteiger partial charge in [0.2, 0.25) is 5.91 Å². The third kappa shape index (κ3) is 3.81. The fourth-order valence-corrected chi connectivity index (χ4v) is 2.37. The van der Waals surface area contributed by atoms with Crippen LogP contribution < -0.4 is 10.6 Å². The average Bonchev–Trinajstić information content (AvgIpc) is 2.46. The van der Waals surface area contributed by atoms with Crippen molar-refractivity contribution in [3.05, 3.63) is 35.9 Å². The molecule has 0 aromatic heterocycles. The molecule has 2 unspecified atom stereocenters. The summed E-state index contributed by atoms with van der Waals surface area (Å²) in [5.41, 5.74) is 1.19. The minimum Gasteiger partial charge on any atom is -0.465 e. The molecule has 1 fully saturated rings. The summed E-state index contributed by atoms with van der Waals surface area (Å²) in [6, 6.07) is 9.32. The molecule has 2 rings (SSSR count). The SMILES string of the molecule is CCOC(=O)C1NCC(=O)NC1CCc1ccccc1. The third-order valence-electron chi connectivity index (χ3n) is 3.36. The van der Waals surface area contributed by atoms with E-state index in [4.69, 9.17) is 4.74 Å². The lowest BCUT2D eigenvalue weighted by Gasteiger charge is -2.31. The van der Waals surface area contributed by atoms with Crippen molar-refractivity contribution >= 4 is 11.9 Å². The van der Waals surface area contributed by atoms with E-state index >= 15 is 0 Å². The second kappa shape index (κ2) is 7.05. The molecule has 0 bridgehead atoms. The number of amides is 1. The maximum Gasteiger partial charge on any atom is 0.325 e. The minimum absolute atomic E-state index is 0.0800. The highest BCUT2D eigenvalue weighted by Gasteiger charge is 2.34. The van der Waals surface area contributed by atoms with E-state index in [0.717, 1.165) is 6.42 Å². The zero-order valence-electron chi connectivity index (χ0n) is 11.6. The number of piperazine rings is 1. The molecule has 20 heavy (non-hydrogen) atoms. The smallest absolute Gasteiger partial charge is 0.325 e. The molecule has 108 valence electrons. The molecule has 1 aromatic rings. The van der Waals surface area contributed by atoms with E-state index in [1.807, 2.05) is 30.3 Å². The lowest BCUT2D eigenvalue weighted by molar-refractivity contribution is -0.147. The van der Waals surface area contributed by atoms with E-state index in [-0.39, 0.29) is 24.5 Å². The van der Waals surface area contributed by atoms with Crippen LogP contribution in [-0.2, 0) is 20.7 Å². The van der Waals surface area contributed by atoms with E-state index in [0.29, 0.717) is 13.0 Å². The van der Waals surface area contributed by atoms with Gasteiger partial charge in [-0.2, -0.15) is 0 Å². The molecule has 1 amide bonds. The van der Waals surface area contributed by atoms with Crippen LogP contribution in [0, 0.1) is 0 Å². The van der Waals surface area contributed by atoms with E-state index < -0.39 is 6.04 Å². The number of hydrogen-bond donors (Lipinski definition) is 2. The van der Waals surface area contributed by atoms with Crippen LogP contribution in [0.15, 0.2) is 30.3 Å². The van der Waals surface area contributed by atoms with Crippen molar-refractivity contribution in [2.75, 3.05) is 13.2 Å². The maximum atomic E-state index is 11.9. The normalized spacial score (nSPS) is 22.1. The summed E-state index contributed by atoms with van der Waals surface area (Å²) >= 11 is 0. The van der Waals surface area contributed by atoms with Gasteiger partial charge in [-0.1, -0.05) is 30.3 Å². The van der Waals surface area contributed by atoms with Crippen LogP contribution in [0.5, 0.6) is 0 Å². The Labute approximate surface area is 118 Å². The molecular weight excluding hydrogens is 256 g/mol. The van der Waals surface area contributed by atoms with Crippen molar-refractivity contribution in [3.63, 3.8) is 0 Å². The Bertz CT molecular complexity index is 461. The van der Waals surface area contributed by atoms with Crippen molar-refractivity contribution < 1.29 is 14.3 Å². The van der Waals surface area contributed by atoms with Gasteiger partial charge in [0.1, 0.15) is 6.04 Å². The van der Waals surface area contributed by atoms with Crippen LogP contribution >= 0.6 is 0 Å². The monoisotopic (exact) mass is 276 g/mol. The lowest BCUT2D eigenvalue weighted by atomic mass is 9.97. The first-order chi connectivity index (χ1) is 9.70. The number of benzene rings is 1. The first kappa shape index (κ1) is 14.5. The lowest BCUT2D eigenvalue weighted by Crippen LogP contribution is -2.62. The molecule has 1 aliphatic rings. The Morgan fingerprint density at radius 2 is 2.10 bits per heavy atom. The average molecular weight is 276 g/mol. The van der Waals surface area contributed by atoms with Crippen molar-refractivity contribution in [2.24, 2.45) is 0 Å². The van der Waals surface area contributed by atoms with Crippen LogP contribution in [0.4, 0.5) is 0 Å². The van der Waals surface area contributed by atoms with Gasteiger partial charge in [-0.05, 0) is 25.3 Å². The van der Waals surface area contributed by atoms with Crippen LogP contribution in [0.1, 0.15) is 18.9 Å². The van der Waals surface area contributed by atoms with Gasteiger partial charge >= 0.3 is 5.97 Å². The van der Waals surface area contributed by atoms with E-state index in [1.165, 1.54) is 5.56 Å². The Morgan fingerprint density at radius 1 is 1.35 bits per heavy atom. The number of carbonyl (C=O) groups excluding carboxylic acids is 2. The topological polar surface area (TPSA) is 67.4 Å². The predicted molar refractivity (Wildman–Crippen MR) is 75.1 cm³/mol. The highest BCUT2D eigenvalue weighted by atomic mass is 16.5. The van der Waals surface area contributed by atoms with Gasteiger partial charge < -0.3 is 10.1 Å². The number of ether oxygens (including phenoxy) is 1.